The second kappa shape index (κ2) is 8.93. The van der Waals surface area contributed by atoms with Gasteiger partial charge < -0.3 is 10.2 Å². The fraction of sp³-hybridized carbons (Fsp3) is 0.368. The Morgan fingerprint density at radius 3 is 2.57 bits per heavy atom. The Kier molecular flexibility index (Phi) is 6.60. The molecule has 4 nitrogen and oxygen atoms in total. The molecule has 0 atom stereocenters. The molecule has 0 aliphatic heterocycles. The summed E-state index contributed by atoms with van der Waals surface area (Å²) in [6.45, 7) is 6.56. The van der Waals surface area contributed by atoms with Crippen molar-refractivity contribution in [3.8, 4) is 0 Å². The van der Waals surface area contributed by atoms with E-state index < -0.39 is 0 Å². The summed E-state index contributed by atoms with van der Waals surface area (Å²) in [6, 6.07) is 14.6. The van der Waals surface area contributed by atoms with Gasteiger partial charge in [-0.15, -0.1) is 0 Å². The lowest BCUT2D eigenvalue weighted by molar-refractivity contribution is 0.477. The van der Waals surface area contributed by atoms with Gasteiger partial charge in [0, 0.05) is 38.6 Å². The molecule has 0 amide bonds. The highest BCUT2D eigenvalue weighted by atomic mass is 15.3. The number of nitrogens with one attached hydrogen (secondary N) is 1. The summed E-state index contributed by atoms with van der Waals surface area (Å²) < 4.78 is 0. The summed E-state index contributed by atoms with van der Waals surface area (Å²) in [5, 5.41) is 3.36. The van der Waals surface area contributed by atoms with Crippen LogP contribution in [0.15, 0.2) is 53.7 Å². The van der Waals surface area contributed by atoms with Crippen molar-refractivity contribution in [3.05, 3.63) is 65.5 Å². The molecular formula is C19H26N4. The molecule has 23 heavy (non-hydrogen) atoms. The van der Waals surface area contributed by atoms with E-state index in [1.807, 2.05) is 25.3 Å². The van der Waals surface area contributed by atoms with Gasteiger partial charge in [-0.25, -0.2) is 0 Å². The van der Waals surface area contributed by atoms with Gasteiger partial charge in [-0.1, -0.05) is 36.4 Å². The van der Waals surface area contributed by atoms with Gasteiger partial charge in [0.15, 0.2) is 5.96 Å². The first-order valence-electron chi connectivity index (χ1n) is 8.14. The molecule has 0 bridgehead atoms. The van der Waals surface area contributed by atoms with Crippen LogP contribution in [0.4, 0.5) is 0 Å². The molecule has 0 saturated heterocycles. The predicted octanol–water partition coefficient (Wildman–Crippen LogP) is 3.03. The zero-order chi connectivity index (χ0) is 16.5. The van der Waals surface area contributed by atoms with Gasteiger partial charge in [0.25, 0.3) is 0 Å². The minimum atomic E-state index is 0.756. The Bertz CT molecular complexity index is 605. The van der Waals surface area contributed by atoms with Crippen molar-refractivity contribution in [2.45, 2.75) is 26.8 Å². The van der Waals surface area contributed by atoms with E-state index >= 15 is 0 Å². The average molecular weight is 310 g/mol. The van der Waals surface area contributed by atoms with Crippen LogP contribution in [0.3, 0.4) is 0 Å². The number of benzene rings is 1. The maximum Gasteiger partial charge on any atom is 0.193 e. The molecule has 1 heterocycles. The second-order valence-corrected chi connectivity index (χ2v) is 5.64. The van der Waals surface area contributed by atoms with Crippen molar-refractivity contribution in [2.24, 2.45) is 4.99 Å². The molecule has 0 unspecified atom stereocenters. The van der Waals surface area contributed by atoms with Crippen LogP contribution in [0.5, 0.6) is 0 Å². The second-order valence-electron chi connectivity index (χ2n) is 5.64. The van der Waals surface area contributed by atoms with E-state index in [1.165, 1.54) is 11.1 Å². The van der Waals surface area contributed by atoms with Crippen molar-refractivity contribution < 1.29 is 0 Å². The van der Waals surface area contributed by atoms with Gasteiger partial charge in [0.1, 0.15) is 0 Å². The number of aromatic nitrogens is 1. The summed E-state index contributed by atoms with van der Waals surface area (Å²) in [5.41, 5.74) is 3.55. The van der Waals surface area contributed by atoms with E-state index in [0.717, 1.165) is 37.7 Å². The van der Waals surface area contributed by atoms with Crippen LogP contribution >= 0.6 is 0 Å². The van der Waals surface area contributed by atoms with E-state index in [9.17, 15) is 0 Å². The third-order valence-electron chi connectivity index (χ3n) is 3.59. The van der Waals surface area contributed by atoms with Crippen molar-refractivity contribution in [1.82, 2.24) is 15.2 Å². The first-order valence-corrected chi connectivity index (χ1v) is 8.14. The molecule has 0 radical (unpaired) electrons. The van der Waals surface area contributed by atoms with Crippen LogP contribution in [-0.4, -0.2) is 36.0 Å². The van der Waals surface area contributed by atoms with Crippen LogP contribution in [0.2, 0.25) is 0 Å². The minimum Gasteiger partial charge on any atom is -0.357 e. The molecule has 1 aromatic heterocycles. The SMILES string of the molecule is CCNC(=NCCc1ccc(C)nc1)N(C)Cc1ccccc1. The third-order valence-corrected chi connectivity index (χ3v) is 3.59. The van der Waals surface area contributed by atoms with Crippen molar-refractivity contribution in [1.29, 1.82) is 0 Å². The van der Waals surface area contributed by atoms with Crippen LogP contribution < -0.4 is 5.32 Å². The Morgan fingerprint density at radius 1 is 1.13 bits per heavy atom. The van der Waals surface area contributed by atoms with E-state index in [0.29, 0.717) is 0 Å². The van der Waals surface area contributed by atoms with E-state index in [-0.39, 0.29) is 0 Å². The van der Waals surface area contributed by atoms with Crippen LogP contribution in [0, 0.1) is 6.92 Å². The monoisotopic (exact) mass is 310 g/mol. The number of aryl methyl sites for hydroxylation is 1. The highest BCUT2D eigenvalue weighted by Crippen LogP contribution is 2.04. The quantitative estimate of drug-likeness (QED) is 0.658. The molecular weight excluding hydrogens is 284 g/mol. The fourth-order valence-electron chi connectivity index (χ4n) is 2.34. The summed E-state index contributed by atoms with van der Waals surface area (Å²) in [6.07, 6.45) is 2.84. The molecule has 4 heteroatoms. The number of nitrogens with zero attached hydrogens (tertiary/aromatic N) is 3. The van der Waals surface area contributed by atoms with E-state index in [2.05, 4.69) is 59.5 Å². The third kappa shape index (κ3) is 5.74. The lowest BCUT2D eigenvalue weighted by atomic mass is 10.2. The van der Waals surface area contributed by atoms with Gasteiger partial charge in [0.2, 0.25) is 0 Å². The molecule has 2 aromatic rings. The number of aliphatic imine (C=N–C) groups is 1. The number of hydrogen-bond acceptors (Lipinski definition) is 2. The standard InChI is InChI=1S/C19H26N4/c1-4-20-19(23(3)15-18-8-6-5-7-9-18)21-13-12-17-11-10-16(2)22-14-17/h5-11,14H,4,12-13,15H2,1-3H3,(H,20,21). The van der Waals surface area contributed by atoms with E-state index in [1.54, 1.807) is 0 Å². The maximum atomic E-state index is 4.73. The zero-order valence-electron chi connectivity index (χ0n) is 14.3. The fourth-order valence-corrected chi connectivity index (χ4v) is 2.34. The number of guanidine groups is 1. The minimum absolute atomic E-state index is 0.756. The smallest absolute Gasteiger partial charge is 0.193 e. The molecule has 0 aliphatic carbocycles. The normalized spacial score (nSPS) is 11.3. The summed E-state index contributed by atoms with van der Waals surface area (Å²) in [7, 11) is 2.07. The van der Waals surface area contributed by atoms with Crippen LogP contribution in [-0.2, 0) is 13.0 Å². The predicted molar refractivity (Wildman–Crippen MR) is 96.6 cm³/mol. The maximum absolute atomic E-state index is 4.73. The van der Waals surface area contributed by atoms with Crippen molar-refractivity contribution in [3.63, 3.8) is 0 Å². The Morgan fingerprint density at radius 2 is 1.91 bits per heavy atom. The summed E-state index contributed by atoms with van der Waals surface area (Å²) in [5.74, 6) is 0.941. The van der Waals surface area contributed by atoms with Gasteiger partial charge in [0.05, 0.1) is 0 Å². The van der Waals surface area contributed by atoms with Crippen molar-refractivity contribution >= 4 is 5.96 Å². The Balaban J connectivity index is 1.94. The van der Waals surface area contributed by atoms with Crippen LogP contribution in [0.25, 0.3) is 0 Å². The van der Waals surface area contributed by atoms with Crippen LogP contribution in [0.1, 0.15) is 23.7 Å². The lowest BCUT2D eigenvalue weighted by Gasteiger charge is -2.22. The highest BCUT2D eigenvalue weighted by molar-refractivity contribution is 5.79. The molecule has 0 spiro atoms. The van der Waals surface area contributed by atoms with Gasteiger partial charge in [-0.2, -0.15) is 0 Å². The van der Waals surface area contributed by atoms with Gasteiger partial charge >= 0.3 is 0 Å². The molecule has 0 saturated carbocycles. The largest absolute Gasteiger partial charge is 0.357 e. The molecule has 1 N–H and O–H groups in total. The molecule has 0 aliphatic rings. The zero-order valence-corrected chi connectivity index (χ0v) is 14.3. The molecule has 122 valence electrons. The highest BCUT2D eigenvalue weighted by Gasteiger charge is 2.06. The van der Waals surface area contributed by atoms with E-state index in [4.69, 9.17) is 4.99 Å². The molecule has 1 aromatic carbocycles. The average Bonchev–Trinajstić information content (AvgIpc) is 2.56. The topological polar surface area (TPSA) is 40.5 Å². The number of pyridine rings is 1. The molecule has 2 rings (SSSR count). The number of rotatable bonds is 6. The van der Waals surface area contributed by atoms with Gasteiger partial charge in [-0.3, -0.25) is 9.98 Å². The summed E-state index contributed by atoms with van der Waals surface area (Å²) in [4.78, 5) is 11.2. The Labute approximate surface area is 139 Å². The lowest BCUT2D eigenvalue weighted by Crippen LogP contribution is -2.38. The first-order chi connectivity index (χ1) is 11.2. The number of hydrogen-bond donors (Lipinski definition) is 1. The summed E-state index contributed by atoms with van der Waals surface area (Å²) >= 11 is 0. The Hall–Kier alpha value is -2.36. The first kappa shape index (κ1) is 17.0. The van der Waals surface area contributed by atoms with Crippen molar-refractivity contribution in [2.75, 3.05) is 20.1 Å². The van der Waals surface area contributed by atoms with Gasteiger partial charge in [-0.05, 0) is 37.5 Å². The molecule has 0 fully saturated rings.